The van der Waals surface area contributed by atoms with E-state index in [0.29, 0.717) is 19.5 Å². The number of hydrogen-bond acceptors (Lipinski definition) is 3. The summed E-state index contributed by atoms with van der Waals surface area (Å²) in [6.45, 7) is 3.03. The van der Waals surface area contributed by atoms with Crippen molar-refractivity contribution >= 4 is 0 Å². The first-order valence-corrected chi connectivity index (χ1v) is 2.95. The van der Waals surface area contributed by atoms with E-state index in [1.165, 1.54) is 0 Å². The van der Waals surface area contributed by atoms with Gasteiger partial charge in [-0.2, -0.15) is 0 Å². The van der Waals surface area contributed by atoms with E-state index in [2.05, 4.69) is 0 Å². The van der Waals surface area contributed by atoms with Crippen LogP contribution >= 0.6 is 0 Å². The van der Waals surface area contributed by atoms with Gasteiger partial charge >= 0.3 is 0 Å². The molecule has 1 heterocycles. The second kappa shape index (κ2) is 5.61. The zero-order valence-electron chi connectivity index (χ0n) is 6.29. The minimum atomic E-state index is 0. The molecule has 0 spiro atoms. The molecule has 0 aliphatic carbocycles. The molecule has 1 rings (SSSR count). The van der Waals surface area contributed by atoms with E-state index in [1.807, 2.05) is 0 Å². The summed E-state index contributed by atoms with van der Waals surface area (Å²) in [5.41, 5.74) is 0. The van der Waals surface area contributed by atoms with Crippen LogP contribution in [0.1, 0.15) is 6.92 Å². The van der Waals surface area contributed by atoms with Gasteiger partial charge in [0.25, 0.3) is 0 Å². The van der Waals surface area contributed by atoms with E-state index in [0.717, 1.165) is 0 Å². The van der Waals surface area contributed by atoms with Crippen LogP contribution in [0.15, 0.2) is 0 Å². The second-order valence-electron chi connectivity index (χ2n) is 2.00. The fourth-order valence-electron chi connectivity index (χ4n) is 0.781. The Labute approximate surface area is 86.3 Å². The number of rotatable bonds is 2. The first kappa shape index (κ1) is 11.0. The van der Waals surface area contributed by atoms with Crippen LogP contribution in [0.25, 0.3) is 0 Å². The molecule has 1 radical (unpaired) electrons. The monoisotopic (exact) mass is 220 g/mol. The predicted molar refractivity (Wildman–Crippen MR) is 31.6 cm³/mol. The van der Waals surface area contributed by atoms with Crippen LogP contribution in [-0.4, -0.2) is 26.4 Å². The largest absolute Gasteiger partial charge is 0.520 e. The molecule has 1 fully saturated rings. The molecular weight excluding hydrogens is 209 g/mol. The van der Waals surface area contributed by atoms with Crippen molar-refractivity contribution in [2.24, 2.45) is 0 Å². The first-order chi connectivity index (χ1) is 4.33. The van der Waals surface area contributed by atoms with Crippen LogP contribution in [0.2, 0.25) is 0 Å². The average molecular weight is 220 g/mol. The maximum absolute atomic E-state index is 5.17. The average Bonchev–Trinajstić information content (AvgIpc) is 2.17. The normalized spacial score (nSPS) is 26.4. The third-order valence-corrected chi connectivity index (χ3v) is 1.16. The van der Waals surface area contributed by atoms with E-state index in [4.69, 9.17) is 14.2 Å². The van der Waals surface area contributed by atoms with Gasteiger partial charge < -0.3 is 14.2 Å². The van der Waals surface area contributed by atoms with Crippen LogP contribution in [0, 0.1) is 6.29 Å². The van der Waals surface area contributed by atoms with Crippen molar-refractivity contribution in [1.29, 1.82) is 0 Å². The molecule has 1 saturated heterocycles. The molecule has 0 amide bonds. The van der Waals surface area contributed by atoms with E-state index >= 15 is 0 Å². The zero-order valence-corrected chi connectivity index (χ0v) is 9.13. The van der Waals surface area contributed by atoms with Gasteiger partial charge in [-0.1, -0.05) is 6.29 Å². The predicted octanol–water partition coefficient (Wildman–Crippen LogP) is 0.555. The Morgan fingerprint density at radius 2 is 2.40 bits per heavy atom. The first-order valence-electron chi connectivity index (χ1n) is 2.95. The van der Waals surface area contributed by atoms with Gasteiger partial charge in [-0.3, -0.25) is 0 Å². The summed E-state index contributed by atoms with van der Waals surface area (Å²) in [7, 11) is 1.65. The quantitative estimate of drug-likeness (QED) is 0.636. The third kappa shape index (κ3) is 3.40. The zero-order chi connectivity index (χ0) is 6.69. The Kier molecular flexibility index (Phi) is 6.16. The van der Waals surface area contributed by atoms with Crippen LogP contribution in [0.4, 0.5) is 0 Å². The van der Waals surface area contributed by atoms with Gasteiger partial charge in [0.15, 0.2) is 0 Å². The molecule has 1 aliphatic rings. The fourth-order valence-corrected chi connectivity index (χ4v) is 0.781. The van der Waals surface area contributed by atoms with Crippen LogP contribution in [0.5, 0.6) is 0 Å². The van der Waals surface area contributed by atoms with Crippen molar-refractivity contribution in [3.63, 3.8) is 0 Å². The third-order valence-electron chi connectivity index (χ3n) is 1.16. The molecule has 0 aromatic heterocycles. The van der Waals surface area contributed by atoms with E-state index < -0.39 is 0 Å². The van der Waals surface area contributed by atoms with Crippen molar-refractivity contribution in [3.8, 4) is 0 Å². The van der Waals surface area contributed by atoms with Gasteiger partial charge in [0, 0.05) is 46.4 Å². The van der Waals surface area contributed by atoms with E-state index in [-0.39, 0.29) is 38.8 Å². The molecule has 0 bridgehead atoms. The summed E-state index contributed by atoms with van der Waals surface area (Å²) in [5, 5.41) is 0. The summed E-state index contributed by atoms with van der Waals surface area (Å²) in [5.74, 6) is 0. The maximum atomic E-state index is 5.17. The van der Waals surface area contributed by atoms with Crippen LogP contribution in [0.3, 0.4) is 0 Å². The second-order valence-corrected chi connectivity index (χ2v) is 2.00. The van der Waals surface area contributed by atoms with Crippen LogP contribution < -0.4 is 0 Å². The van der Waals surface area contributed by atoms with Gasteiger partial charge in [0.1, 0.15) is 0 Å². The van der Waals surface area contributed by atoms with E-state index in [9.17, 15) is 0 Å². The molecule has 10 heavy (non-hydrogen) atoms. The SMILES string of the molecule is COCC1CO[C-](C)O1.[Y]. The summed E-state index contributed by atoms with van der Waals surface area (Å²) in [6, 6.07) is 0. The molecule has 1 aliphatic heterocycles. The minimum absolute atomic E-state index is 0. The Balaban J connectivity index is 0.000000810. The summed E-state index contributed by atoms with van der Waals surface area (Å²) >= 11 is 0. The topological polar surface area (TPSA) is 27.7 Å². The van der Waals surface area contributed by atoms with Crippen molar-refractivity contribution < 1.29 is 46.9 Å². The van der Waals surface area contributed by atoms with Gasteiger partial charge in [-0.15, -0.1) is 6.92 Å². The molecule has 0 aromatic carbocycles. The van der Waals surface area contributed by atoms with Crippen molar-refractivity contribution in [3.05, 3.63) is 6.29 Å². The van der Waals surface area contributed by atoms with Crippen molar-refractivity contribution in [2.75, 3.05) is 20.3 Å². The Morgan fingerprint density at radius 3 is 2.80 bits per heavy atom. The minimum Gasteiger partial charge on any atom is -0.520 e. The summed E-state index contributed by atoms with van der Waals surface area (Å²) in [6.07, 6.45) is 0.757. The summed E-state index contributed by atoms with van der Waals surface area (Å²) in [4.78, 5) is 0. The molecule has 3 nitrogen and oxygen atoms in total. The maximum Gasteiger partial charge on any atom is 0.0718 e. The summed E-state index contributed by atoms with van der Waals surface area (Å²) < 4.78 is 15.1. The molecule has 4 heteroatoms. The Bertz CT molecular complexity index is 87.1. The number of hydrogen-bond donors (Lipinski definition) is 0. The van der Waals surface area contributed by atoms with Gasteiger partial charge in [0.05, 0.1) is 12.7 Å². The van der Waals surface area contributed by atoms with Gasteiger partial charge in [0.2, 0.25) is 0 Å². The number of ether oxygens (including phenoxy) is 3. The Morgan fingerprint density at radius 1 is 1.70 bits per heavy atom. The molecular formula is C6H11O3Y-. The molecule has 1 atom stereocenters. The molecule has 0 saturated carbocycles. The van der Waals surface area contributed by atoms with Crippen molar-refractivity contribution in [1.82, 2.24) is 0 Å². The van der Waals surface area contributed by atoms with Crippen LogP contribution in [-0.2, 0) is 46.9 Å². The smallest absolute Gasteiger partial charge is 0.0718 e. The molecule has 1 unspecified atom stereocenters. The van der Waals surface area contributed by atoms with Crippen molar-refractivity contribution in [2.45, 2.75) is 13.0 Å². The fraction of sp³-hybridized carbons (Fsp3) is 0.833. The Hall–Kier alpha value is 0.984. The standard InChI is InChI=1S/C6H11O3.Y/c1-5-8-4-6(9-5)3-7-2;/h6H,3-4H2,1-2H3;/q-1;. The van der Waals surface area contributed by atoms with E-state index in [1.54, 1.807) is 14.0 Å². The molecule has 0 aromatic rings. The molecule has 0 N–H and O–H groups in total. The van der Waals surface area contributed by atoms with Gasteiger partial charge in [-0.25, -0.2) is 0 Å². The number of methoxy groups -OCH3 is 1. The van der Waals surface area contributed by atoms with Gasteiger partial charge in [-0.05, 0) is 0 Å². The molecule has 57 valence electrons.